The van der Waals surface area contributed by atoms with E-state index in [4.69, 9.17) is 4.74 Å². The third-order valence-electron chi connectivity index (χ3n) is 2.04. The summed E-state index contributed by atoms with van der Waals surface area (Å²) in [6.07, 6.45) is 0. The predicted molar refractivity (Wildman–Crippen MR) is 68.7 cm³/mol. The topological polar surface area (TPSA) is 47.0 Å². The van der Waals surface area contributed by atoms with E-state index in [2.05, 4.69) is 31.2 Å². The Kier molecular flexibility index (Phi) is 4.68. The maximum absolute atomic E-state index is 5.59. The van der Waals surface area contributed by atoms with Gasteiger partial charge in [-0.3, -0.25) is 0 Å². The molecule has 0 unspecified atom stereocenters. The van der Waals surface area contributed by atoms with Crippen LogP contribution in [0.2, 0.25) is 0 Å². The van der Waals surface area contributed by atoms with Crippen LogP contribution in [0.4, 0.5) is 5.82 Å². The number of halogens is 1. The van der Waals surface area contributed by atoms with E-state index in [0.29, 0.717) is 13.2 Å². The molecule has 0 spiro atoms. The molecule has 90 valence electrons. The van der Waals surface area contributed by atoms with E-state index in [1.54, 1.807) is 0 Å². The van der Waals surface area contributed by atoms with Gasteiger partial charge in [0.15, 0.2) is 0 Å². The monoisotopic (exact) mass is 287 g/mol. The van der Waals surface area contributed by atoms with E-state index in [9.17, 15) is 0 Å². The van der Waals surface area contributed by atoms with Crippen molar-refractivity contribution in [2.24, 2.45) is 0 Å². The molecule has 5 heteroatoms. The normalized spacial score (nSPS) is 11.6. The number of rotatable bonds is 5. The summed E-state index contributed by atoms with van der Waals surface area (Å²) in [5, 5.41) is 3.25. The standard InChI is InChI=1S/C11H18BrN3O/c1-5-16-11(3,4)7-13-10-6-9(12)14-8(2)15-10/h6H,5,7H2,1-4H3,(H,13,14,15). The number of hydrogen-bond acceptors (Lipinski definition) is 4. The highest BCUT2D eigenvalue weighted by Gasteiger charge is 2.17. The van der Waals surface area contributed by atoms with Gasteiger partial charge in [-0.15, -0.1) is 0 Å². The first kappa shape index (κ1) is 13.4. The Bertz CT molecular complexity index is 335. The molecule has 1 rings (SSSR count). The van der Waals surface area contributed by atoms with Crippen LogP contribution in [0.5, 0.6) is 0 Å². The molecule has 0 aliphatic carbocycles. The molecule has 0 aliphatic rings. The average Bonchev–Trinajstić information content (AvgIpc) is 2.13. The quantitative estimate of drug-likeness (QED) is 0.846. The van der Waals surface area contributed by atoms with Crippen molar-refractivity contribution in [3.63, 3.8) is 0 Å². The highest BCUT2D eigenvalue weighted by molar-refractivity contribution is 9.10. The molecule has 1 aromatic heterocycles. The van der Waals surface area contributed by atoms with Crippen LogP contribution in [0.15, 0.2) is 10.7 Å². The molecule has 1 heterocycles. The zero-order valence-electron chi connectivity index (χ0n) is 10.2. The van der Waals surface area contributed by atoms with Crippen LogP contribution < -0.4 is 5.32 Å². The lowest BCUT2D eigenvalue weighted by Gasteiger charge is -2.25. The van der Waals surface area contributed by atoms with Gasteiger partial charge in [-0.05, 0) is 43.6 Å². The van der Waals surface area contributed by atoms with E-state index < -0.39 is 0 Å². The SMILES string of the molecule is CCOC(C)(C)CNc1cc(Br)nc(C)n1. The number of nitrogens with one attached hydrogen (secondary N) is 1. The number of aryl methyl sites for hydroxylation is 1. The van der Waals surface area contributed by atoms with Crippen molar-refractivity contribution in [3.8, 4) is 0 Å². The van der Waals surface area contributed by atoms with Crippen molar-refractivity contribution in [1.29, 1.82) is 0 Å². The van der Waals surface area contributed by atoms with Gasteiger partial charge in [-0.1, -0.05) is 0 Å². The lowest BCUT2D eigenvalue weighted by molar-refractivity contribution is 0.000637. The fourth-order valence-electron chi connectivity index (χ4n) is 1.37. The molecule has 0 radical (unpaired) electrons. The van der Waals surface area contributed by atoms with Crippen molar-refractivity contribution in [2.45, 2.75) is 33.3 Å². The van der Waals surface area contributed by atoms with E-state index in [1.165, 1.54) is 0 Å². The first-order chi connectivity index (χ1) is 7.43. The van der Waals surface area contributed by atoms with Crippen LogP contribution in [-0.2, 0) is 4.74 Å². The molecule has 4 nitrogen and oxygen atoms in total. The first-order valence-corrected chi connectivity index (χ1v) is 6.11. The molecule has 0 saturated carbocycles. The number of anilines is 1. The summed E-state index contributed by atoms with van der Waals surface area (Å²) in [7, 11) is 0. The molecule has 0 saturated heterocycles. The van der Waals surface area contributed by atoms with Gasteiger partial charge in [-0.2, -0.15) is 0 Å². The Labute approximate surface area is 105 Å². The van der Waals surface area contributed by atoms with Crippen LogP contribution in [-0.4, -0.2) is 28.7 Å². The van der Waals surface area contributed by atoms with Gasteiger partial charge >= 0.3 is 0 Å². The molecular formula is C11H18BrN3O. The molecule has 1 N–H and O–H groups in total. The van der Waals surface area contributed by atoms with Gasteiger partial charge in [0.2, 0.25) is 0 Å². The van der Waals surface area contributed by atoms with Crippen LogP contribution >= 0.6 is 15.9 Å². The lowest BCUT2D eigenvalue weighted by atomic mass is 10.1. The van der Waals surface area contributed by atoms with Gasteiger partial charge in [0.25, 0.3) is 0 Å². The number of ether oxygens (including phenoxy) is 1. The van der Waals surface area contributed by atoms with Gasteiger partial charge in [0, 0.05) is 19.2 Å². The Morgan fingerprint density at radius 3 is 2.69 bits per heavy atom. The van der Waals surface area contributed by atoms with Crippen molar-refractivity contribution < 1.29 is 4.74 Å². The molecular weight excluding hydrogens is 270 g/mol. The Morgan fingerprint density at radius 2 is 2.12 bits per heavy atom. The highest BCUT2D eigenvalue weighted by atomic mass is 79.9. The maximum Gasteiger partial charge on any atom is 0.130 e. The van der Waals surface area contributed by atoms with Crippen molar-refractivity contribution in [2.75, 3.05) is 18.5 Å². The van der Waals surface area contributed by atoms with Crippen LogP contribution in [0.3, 0.4) is 0 Å². The minimum Gasteiger partial charge on any atom is -0.374 e. The second-order valence-electron chi connectivity index (χ2n) is 4.17. The number of aromatic nitrogens is 2. The second-order valence-corrected chi connectivity index (χ2v) is 4.98. The summed E-state index contributed by atoms with van der Waals surface area (Å²) in [5.74, 6) is 1.55. The number of nitrogens with zero attached hydrogens (tertiary/aromatic N) is 2. The largest absolute Gasteiger partial charge is 0.374 e. The molecule has 0 bridgehead atoms. The summed E-state index contributed by atoms with van der Waals surface area (Å²) in [5.41, 5.74) is -0.194. The smallest absolute Gasteiger partial charge is 0.130 e. The summed E-state index contributed by atoms with van der Waals surface area (Å²) < 4.78 is 6.38. The zero-order chi connectivity index (χ0) is 12.2. The minimum atomic E-state index is -0.194. The fraction of sp³-hybridized carbons (Fsp3) is 0.636. The predicted octanol–water partition coefficient (Wildman–Crippen LogP) is 2.77. The summed E-state index contributed by atoms with van der Waals surface area (Å²) in [6, 6.07) is 1.86. The lowest BCUT2D eigenvalue weighted by Crippen LogP contribution is -2.33. The van der Waals surface area contributed by atoms with Crippen molar-refractivity contribution in [3.05, 3.63) is 16.5 Å². The van der Waals surface area contributed by atoms with E-state index in [1.807, 2.05) is 33.8 Å². The van der Waals surface area contributed by atoms with Gasteiger partial charge < -0.3 is 10.1 Å². The van der Waals surface area contributed by atoms with Crippen molar-refractivity contribution in [1.82, 2.24) is 9.97 Å². The highest BCUT2D eigenvalue weighted by Crippen LogP contribution is 2.14. The molecule has 0 aromatic carbocycles. The van der Waals surface area contributed by atoms with Crippen molar-refractivity contribution >= 4 is 21.7 Å². The molecule has 0 fully saturated rings. The molecule has 1 aromatic rings. The number of hydrogen-bond donors (Lipinski definition) is 1. The first-order valence-electron chi connectivity index (χ1n) is 5.32. The minimum absolute atomic E-state index is 0.194. The van der Waals surface area contributed by atoms with Gasteiger partial charge in [-0.25, -0.2) is 9.97 Å². The summed E-state index contributed by atoms with van der Waals surface area (Å²) >= 11 is 3.34. The van der Waals surface area contributed by atoms with Gasteiger partial charge in [0.05, 0.1) is 5.60 Å². The second kappa shape index (κ2) is 5.59. The molecule has 0 atom stereocenters. The Balaban J connectivity index is 2.60. The maximum atomic E-state index is 5.59. The van der Waals surface area contributed by atoms with Crippen LogP contribution in [0.1, 0.15) is 26.6 Å². The summed E-state index contributed by atoms with van der Waals surface area (Å²) in [6.45, 7) is 9.38. The van der Waals surface area contributed by atoms with Crippen LogP contribution in [0, 0.1) is 6.92 Å². The zero-order valence-corrected chi connectivity index (χ0v) is 11.8. The van der Waals surface area contributed by atoms with E-state index in [-0.39, 0.29) is 5.60 Å². The molecule has 0 amide bonds. The molecule has 0 aliphatic heterocycles. The Hall–Kier alpha value is -0.680. The van der Waals surface area contributed by atoms with Gasteiger partial charge in [0.1, 0.15) is 16.2 Å². The van der Waals surface area contributed by atoms with E-state index in [0.717, 1.165) is 16.2 Å². The third-order valence-corrected chi connectivity index (χ3v) is 2.44. The third kappa shape index (κ3) is 4.45. The average molecular weight is 288 g/mol. The fourth-order valence-corrected chi connectivity index (χ4v) is 1.84. The van der Waals surface area contributed by atoms with Crippen LogP contribution in [0.25, 0.3) is 0 Å². The molecule has 16 heavy (non-hydrogen) atoms. The van der Waals surface area contributed by atoms with E-state index >= 15 is 0 Å². The summed E-state index contributed by atoms with van der Waals surface area (Å²) in [4.78, 5) is 8.44. The Morgan fingerprint density at radius 1 is 1.44 bits per heavy atom.